The minimum Gasteiger partial charge on any atom is -0.462 e. The number of pyridine rings is 1. The number of anilines is 1. The summed E-state index contributed by atoms with van der Waals surface area (Å²) in [5.74, 6) is -1.71. The maximum Gasteiger partial charge on any atom is 0.349 e. The average molecular weight is 478 g/mol. The van der Waals surface area contributed by atoms with Crippen molar-refractivity contribution in [1.82, 2.24) is 9.38 Å². The van der Waals surface area contributed by atoms with Crippen LogP contribution >= 0.6 is 11.3 Å². The Morgan fingerprint density at radius 2 is 1.82 bits per heavy atom. The van der Waals surface area contributed by atoms with Gasteiger partial charge in [-0.3, -0.25) is 4.79 Å². The van der Waals surface area contributed by atoms with Gasteiger partial charge in [0.15, 0.2) is 0 Å². The maximum atomic E-state index is 13.0. The summed E-state index contributed by atoms with van der Waals surface area (Å²) in [6.45, 7) is 5.50. The Balaban J connectivity index is 1.61. The maximum absolute atomic E-state index is 13.0. The lowest BCUT2D eigenvalue weighted by atomic mass is 10.1. The molecule has 0 aliphatic heterocycles. The molecule has 1 amide bonds. The Hall–Kier alpha value is -3.98. The zero-order chi connectivity index (χ0) is 24.2. The van der Waals surface area contributed by atoms with E-state index in [2.05, 4.69) is 10.3 Å². The number of imidazole rings is 1. The molecule has 0 aliphatic rings. The van der Waals surface area contributed by atoms with Crippen molar-refractivity contribution >= 4 is 39.8 Å². The molecule has 4 rings (SSSR count). The van der Waals surface area contributed by atoms with E-state index in [0.29, 0.717) is 11.2 Å². The molecule has 0 aliphatic carbocycles. The van der Waals surface area contributed by atoms with Gasteiger partial charge in [0.2, 0.25) is 0 Å². The van der Waals surface area contributed by atoms with Crippen LogP contribution in [0, 0.1) is 13.8 Å². The van der Waals surface area contributed by atoms with E-state index in [-0.39, 0.29) is 34.3 Å². The van der Waals surface area contributed by atoms with Crippen LogP contribution in [0.4, 0.5) is 5.00 Å². The quantitative estimate of drug-likeness (QED) is 0.384. The molecule has 1 N–H and O–H groups in total. The number of carbonyl (C=O) groups is 3. The van der Waals surface area contributed by atoms with Crippen LogP contribution in [0.5, 0.6) is 0 Å². The monoisotopic (exact) mass is 477 g/mol. The lowest BCUT2D eigenvalue weighted by Gasteiger charge is -2.06. The largest absolute Gasteiger partial charge is 0.462 e. The molecule has 8 nitrogen and oxygen atoms in total. The van der Waals surface area contributed by atoms with Gasteiger partial charge in [0.05, 0.1) is 12.2 Å². The number of aromatic nitrogens is 2. The van der Waals surface area contributed by atoms with E-state index in [0.717, 1.165) is 22.5 Å². The van der Waals surface area contributed by atoms with Crippen LogP contribution in [0.2, 0.25) is 0 Å². The number of nitrogens with one attached hydrogen (secondary N) is 1. The predicted octanol–water partition coefficient (Wildman–Crippen LogP) is 4.80. The third-order valence-corrected chi connectivity index (χ3v) is 6.29. The number of carbonyl (C=O) groups excluding carboxylic acids is 3. The molecule has 0 saturated heterocycles. The Morgan fingerprint density at radius 3 is 2.56 bits per heavy atom. The van der Waals surface area contributed by atoms with E-state index in [1.807, 2.05) is 55.6 Å². The van der Waals surface area contributed by atoms with Crippen LogP contribution in [0.3, 0.4) is 0 Å². The Kier molecular flexibility index (Phi) is 6.74. The van der Waals surface area contributed by atoms with Crippen molar-refractivity contribution in [3.8, 4) is 0 Å². The van der Waals surface area contributed by atoms with E-state index in [9.17, 15) is 14.4 Å². The fourth-order valence-electron chi connectivity index (χ4n) is 3.39. The first-order valence-corrected chi connectivity index (χ1v) is 11.5. The van der Waals surface area contributed by atoms with Gasteiger partial charge in [0, 0.05) is 12.4 Å². The molecule has 174 valence electrons. The number of aryl methyl sites for hydroxylation is 1. The Bertz CT molecular complexity index is 1370. The fourth-order valence-corrected chi connectivity index (χ4v) is 4.48. The normalized spacial score (nSPS) is 10.8. The number of ether oxygens (including phenoxy) is 2. The van der Waals surface area contributed by atoms with Gasteiger partial charge in [-0.15, -0.1) is 11.3 Å². The molecule has 9 heteroatoms. The van der Waals surface area contributed by atoms with Gasteiger partial charge >= 0.3 is 11.9 Å². The predicted molar refractivity (Wildman–Crippen MR) is 128 cm³/mol. The zero-order valence-electron chi connectivity index (χ0n) is 19.0. The van der Waals surface area contributed by atoms with E-state index in [1.165, 1.54) is 0 Å². The number of thiophene rings is 1. The molecule has 34 heavy (non-hydrogen) atoms. The summed E-state index contributed by atoms with van der Waals surface area (Å²) in [4.78, 5) is 43.0. The number of nitrogens with zero attached hydrogens (tertiary/aromatic N) is 2. The highest BCUT2D eigenvalue weighted by Crippen LogP contribution is 2.35. The van der Waals surface area contributed by atoms with Crippen molar-refractivity contribution in [3.05, 3.63) is 87.7 Å². The molecule has 0 bridgehead atoms. The number of amides is 1. The summed E-state index contributed by atoms with van der Waals surface area (Å²) in [7, 11) is 0. The van der Waals surface area contributed by atoms with Crippen molar-refractivity contribution in [1.29, 1.82) is 0 Å². The van der Waals surface area contributed by atoms with Gasteiger partial charge in [-0.2, -0.15) is 0 Å². The SMILES string of the molecule is CCOC(=O)c1c(NC(=O)c2cn3ccc(C)cc3n2)sc(C(=O)OCc2ccccc2)c1C. The first-order chi connectivity index (χ1) is 16.4. The smallest absolute Gasteiger partial charge is 0.349 e. The molecule has 0 radical (unpaired) electrons. The molecule has 0 unspecified atom stereocenters. The van der Waals surface area contributed by atoms with Gasteiger partial charge in [0.1, 0.15) is 27.8 Å². The molecular formula is C25H23N3O5S. The molecule has 3 heterocycles. The van der Waals surface area contributed by atoms with Gasteiger partial charge < -0.3 is 19.2 Å². The molecule has 0 atom stereocenters. The lowest BCUT2D eigenvalue weighted by Crippen LogP contribution is -2.15. The van der Waals surface area contributed by atoms with E-state index in [1.54, 1.807) is 24.4 Å². The summed E-state index contributed by atoms with van der Waals surface area (Å²) in [6.07, 6.45) is 3.41. The van der Waals surface area contributed by atoms with Crippen molar-refractivity contribution in [3.63, 3.8) is 0 Å². The number of esters is 2. The van der Waals surface area contributed by atoms with Gasteiger partial charge in [0.25, 0.3) is 5.91 Å². The highest BCUT2D eigenvalue weighted by Gasteiger charge is 2.28. The lowest BCUT2D eigenvalue weighted by molar-refractivity contribution is 0.0477. The number of rotatable bonds is 7. The van der Waals surface area contributed by atoms with Gasteiger partial charge in [-0.25, -0.2) is 14.6 Å². The average Bonchev–Trinajstić information content (AvgIpc) is 3.39. The first-order valence-electron chi connectivity index (χ1n) is 10.7. The first kappa shape index (κ1) is 23.2. The Labute approximate surface area is 200 Å². The topological polar surface area (TPSA) is 99.0 Å². The van der Waals surface area contributed by atoms with E-state index < -0.39 is 17.8 Å². The second kappa shape index (κ2) is 9.88. The third-order valence-electron chi connectivity index (χ3n) is 5.10. The second-order valence-electron chi connectivity index (χ2n) is 7.59. The number of benzene rings is 1. The van der Waals surface area contributed by atoms with Gasteiger partial charge in [-0.1, -0.05) is 30.3 Å². The molecule has 1 aromatic carbocycles. The van der Waals surface area contributed by atoms with E-state index >= 15 is 0 Å². The highest BCUT2D eigenvalue weighted by atomic mass is 32.1. The molecule has 4 aromatic rings. The fraction of sp³-hybridized carbons (Fsp3) is 0.200. The minimum atomic E-state index is -0.626. The molecule has 0 spiro atoms. The van der Waals surface area contributed by atoms with Crippen molar-refractivity contribution < 1.29 is 23.9 Å². The summed E-state index contributed by atoms with van der Waals surface area (Å²) in [6, 6.07) is 13.0. The van der Waals surface area contributed by atoms with Crippen molar-refractivity contribution in [2.24, 2.45) is 0 Å². The Morgan fingerprint density at radius 1 is 1.06 bits per heavy atom. The molecule has 0 fully saturated rings. The van der Waals surface area contributed by atoms with Crippen molar-refractivity contribution in [2.45, 2.75) is 27.4 Å². The van der Waals surface area contributed by atoms with Gasteiger partial charge in [-0.05, 0) is 49.6 Å². The van der Waals surface area contributed by atoms with Crippen LogP contribution in [0.15, 0.2) is 54.9 Å². The van der Waals surface area contributed by atoms with Crippen LogP contribution in [-0.4, -0.2) is 33.8 Å². The van der Waals surface area contributed by atoms with Crippen LogP contribution < -0.4 is 5.32 Å². The van der Waals surface area contributed by atoms with Crippen LogP contribution in [-0.2, 0) is 16.1 Å². The summed E-state index contributed by atoms with van der Waals surface area (Å²) in [5.41, 5.74) is 3.19. The standard InChI is InChI=1S/C25H23N3O5S/c1-4-32-24(30)20-16(3)21(25(31)33-14-17-8-6-5-7-9-17)34-23(20)27-22(29)18-13-28-11-10-15(2)12-19(28)26-18/h5-13H,4,14H2,1-3H3,(H,27,29). The number of hydrogen-bond acceptors (Lipinski definition) is 7. The molecule has 3 aromatic heterocycles. The van der Waals surface area contributed by atoms with E-state index in [4.69, 9.17) is 9.47 Å². The van der Waals surface area contributed by atoms with Crippen LogP contribution in [0.1, 0.15) is 54.1 Å². The number of fused-ring (bicyclic) bond motifs is 1. The minimum absolute atomic E-state index is 0.0914. The number of hydrogen-bond donors (Lipinski definition) is 1. The van der Waals surface area contributed by atoms with Crippen LogP contribution in [0.25, 0.3) is 5.65 Å². The summed E-state index contributed by atoms with van der Waals surface area (Å²) in [5, 5.41) is 2.94. The molecule has 0 saturated carbocycles. The summed E-state index contributed by atoms with van der Waals surface area (Å²) >= 11 is 0.974. The molecular weight excluding hydrogens is 454 g/mol. The summed E-state index contributed by atoms with van der Waals surface area (Å²) < 4.78 is 12.3. The zero-order valence-corrected chi connectivity index (χ0v) is 19.8. The highest BCUT2D eigenvalue weighted by molar-refractivity contribution is 7.18. The van der Waals surface area contributed by atoms with Crippen molar-refractivity contribution in [2.75, 3.05) is 11.9 Å². The second-order valence-corrected chi connectivity index (χ2v) is 8.61. The third kappa shape index (κ3) is 4.84.